The molecule has 94 valence electrons. The third-order valence-corrected chi connectivity index (χ3v) is 2.47. The molecule has 0 rings (SSSR count). The number of rotatable bonds is 9. The second-order valence-corrected chi connectivity index (χ2v) is 4.20. The molecule has 0 aliphatic carbocycles. The molecule has 1 N–H and O–H groups in total. The molecule has 0 bridgehead atoms. The van der Waals surface area contributed by atoms with Gasteiger partial charge in [0.1, 0.15) is 0 Å². The maximum atomic E-state index is 8.07. The van der Waals surface area contributed by atoms with Crippen LogP contribution in [0.2, 0.25) is 0 Å². The molecule has 1 heteroatoms. The van der Waals surface area contributed by atoms with Crippen molar-refractivity contribution in [3.05, 3.63) is 0 Å². The lowest BCUT2D eigenvalue weighted by molar-refractivity contribution is 0.287. The quantitative estimate of drug-likeness (QED) is 0.542. The van der Waals surface area contributed by atoms with E-state index >= 15 is 0 Å². The van der Waals surface area contributed by atoms with Crippen molar-refractivity contribution in [2.45, 2.75) is 85.0 Å². The smallest absolute Gasteiger partial charge is 0.0430 e. The Hall–Kier alpha value is -0.0400. The van der Waals surface area contributed by atoms with E-state index in [1.54, 1.807) is 0 Å². The maximum Gasteiger partial charge on any atom is 0.0430 e. The molecule has 0 saturated carbocycles. The third-order valence-electron chi connectivity index (χ3n) is 2.47. The molecule has 0 aromatic rings. The van der Waals surface area contributed by atoms with Gasteiger partial charge in [-0.05, 0) is 6.42 Å². The van der Waals surface area contributed by atoms with Crippen LogP contribution in [0.15, 0.2) is 0 Å². The first kappa shape index (κ1) is 17.4. The molecule has 0 aliphatic heterocycles. The topological polar surface area (TPSA) is 20.2 Å². The maximum absolute atomic E-state index is 8.07. The van der Waals surface area contributed by atoms with Crippen LogP contribution in [0.4, 0.5) is 0 Å². The molecule has 0 amide bonds. The van der Waals surface area contributed by atoms with Gasteiger partial charge in [0.25, 0.3) is 0 Å². The van der Waals surface area contributed by atoms with Crippen LogP contribution in [0.3, 0.4) is 0 Å². The predicted octanol–water partition coefficient (Wildman–Crippen LogP) is 4.93. The van der Waals surface area contributed by atoms with Crippen molar-refractivity contribution < 1.29 is 5.11 Å². The van der Waals surface area contributed by atoms with Gasteiger partial charge in [-0.25, -0.2) is 0 Å². The van der Waals surface area contributed by atoms with Gasteiger partial charge in [-0.1, -0.05) is 78.6 Å². The van der Waals surface area contributed by atoms with Crippen molar-refractivity contribution in [2.24, 2.45) is 0 Å². The minimum absolute atomic E-state index is 0.344. The number of hydrogen-bond acceptors (Lipinski definition) is 1. The highest BCUT2D eigenvalue weighted by molar-refractivity contribution is 4.43. The molecule has 0 atom stereocenters. The summed E-state index contributed by atoms with van der Waals surface area (Å²) >= 11 is 0. The van der Waals surface area contributed by atoms with Crippen LogP contribution in [0.5, 0.6) is 0 Å². The van der Waals surface area contributed by atoms with Crippen LogP contribution < -0.4 is 0 Å². The molecule has 0 saturated heterocycles. The minimum Gasteiger partial charge on any atom is -0.396 e. The Bertz CT molecular complexity index is 71.4. The zero-order chi connectivity index (χ0) is 11.8. The van der Waals surface area contributed by atoms with Gasteiger partial charge >= 0.3 is 0 Å². The molecule has 0 spiro atoms. The number of unbranched alkanes of at least 4 members (excludes halogenated alkanes) is 8. The Morgan fingerprint density at radius 3 is 1.07 bits per heavy atom. The van der Waals surface area contributed by atoms with E-state index in [4.69, 9.17) is 5.11 Å². The third kappa shape index (κ3) is 24.9. The second-order valence-electron chi connectivity index (χ2n) is 4.20. The fraction of sp³-hybridized carbons (Fsp3) is 1.00. The highest BCUT2D eigenvalue weighted by Gasteiger charge is 1.87. The summed E-state index contributed by atoms with van der Waals surface area (Å²) in [7, 11) is 0. The summed E-state index contributed by atoms with van der Waals surface area (Å²) in [4.78, 5) is 0. The predicted molar refractivity (Wildman–Crippen MR) is 70.3 cm³/mol. The summed E-state index contributed by atoms with van der Waals surface area (Å²) in [6.07, 6.45) is 13.5. The van der Waals surface area contributed by atoms with Crippen LogP contribution in [0, 0.1) is 0 Å². The van der Waals surface area contributed by atoms with Gasteiger partial charge in [0.15, 0.2) is 0 Å². The van der Waals surface area contributed by atoms with Gasteiger partial charge in [0.05, 0.1) is 0 Å². The lowest BCUT2D eigenvalue weighted by Gasteiger charge is -1.97. The van der Waals surface area contributed by atoms with E-state index in [9.17, 15) is 0 Å². The van der Waals surface area contributed by atoms with Gasteiger partial charge in [-0.2, -0.15) is 0 Å². The van der Waals surface area contributed by atoms with E-state index in [-0.39, 0.29) is 0 Å². The van der Waals surface area contributed by atoms with Crippen molar-refractivity contribution in [3.63, 3.8) is 0 Å². The van der Waals surface area contributed by atoms with Crippen molar-refractivity contribution in [2.75, 3.05) is 6.61 Å². The Morgan fingerprint density at radius 2 is 0.867 bits per heavy atom. The summed E-state index contributed by atoms with van der Waals surface area (Å²) in [5.41, 5.74) is 0. The van der Waals surface area contributed by atoms with Gasteiger partial charge in [0, 0.05) is 6.61 Å². The molecule has 0 aromatic carbocycles. The molecule has 0 aliphatic rings. The van der Waals surface area contributed by atoms with Gasteiger partial charge in [-0.3, -0.25) is 0 Å². The van der Waals surface area contributed by atoms with Gasteiger partial charge in [0.2, 0.25) is 0 Å². The van der Waals surface area contributed by atoms with Crippen molar-refractivity contribution in [3.8, 4) is 0 Å². The van der Waals surface area contributed by atoms with Gasteiger partial charge < -0.3 is 5.11 Å². The first-order valence-corrected chi connectivity index (χ1v) is 6.94. The van der Waals surface area contributed by atoms with E-state index in [1.165, 1.54) is 51.4 Å². The van der Waals surface area contributed by atoms with E-state index in [0.29, 0.717) is 6.61 Å². The lowest BCUT2D eigenvalue weighted by atomic mass is 10.1. The van der Waals surface area contributed by atoms with Crippen molar-refractivity contribution in [1.29, 1.82) is 0 Å². The van der Waals surface area contributed by atoms with E-state index < -0.39 is 0 Å². The Kier molecular flexibility index (Phi) is 22.6. The zero-order valence-electron chi connectivity index (χ0n) is 11.2. The van der Waals surface area contributed by atoms with Crippen molar-refractivity contribution >= 4 is 0 Å². The minimum atomic E-state index is 0.344. The van der Waals surface area contributed by atoms with E-state index in [1.807, 2.05) is 0 Å². The summed E-state index contributed by atoms with van der Waals surface area (Å²) in [6, 6.07) is 0. The molecule has 0 fully saturated rings. The highest BCUT2D eigenvalue weighted by atomic mass is 16.2. The molecule has 0 radical (unpaired) electrons. The number of aliphatic hydroxyl groups is 1. The molecule has 1 nitrogen and oxygen atoms in total. The monoisotopic (exact) mass is 216 g/mol. The molecule has 0 heterocycles. The first-order valence-electron chi connectivity index (χ1n) is 6.94. The summed E-state index contributed by atoms with van der Waals surface area (Å²) in [5, 5.41) is 8.07. The Balaban J connectivity index is 0. The average Bonchev–Trinajstić information content (AvgIpc) is 2.25. The molecule has 0 unspecified atom stereocenters. The van der Waals surface area contributed by atoms with Crippen molar-refractivity contribution in [1.82, 2.24) is 0 Å². The second kappa shape index (κ2) is 19.5. The zero-order valence-corrected chi connectivity index (χ0v) is 11.2. The normalized spacial score (nSPS) is 9.60. The summed E-state index contributed by atoms with van der Waals surface area (Å²) in [6.45, 7) is 6.94. The van der Waals surface area contributed by atoms with Crippen LogP contribution in [-0.2, 0) is 0 Å². The summed E-state index contributed by atoms with van der Waals surface area (Å²) < 4.78 is 0. The standard InChI is InChI=1S/C10H22.C4H10O/c1-3-5-7-9-10-8-6-4-2;1-2-3-4-5/h3-10H2,1-2H3;5H,2-4H2,1H3. The molecule has 0 aromatic heterocycles. The highest BCUT2D eigenvalue weighted by Crippen LogP contribution is 2.07. The van der Waals surface area contributed by atoms with Crippen LogP contribution in [-0.4, -0.2) is 11.7 Å². The molecule has 15 heavy (non-hydrogen) atoms. The molecular weight excluding hydrogens is 184 g/mol. The summed E-state index contributed by atoms with van der Waals surface area (Å²) in [5.74, 6) is 0. The fourth-order valence-electron chi connectivity index (χ4n) is 1.37. The van der Waals surface area contributed by atoms with Crippen LogP contribution >= 0.6 is 0 Å². The van der Waals surface area contributed by atoms with Crippen LogP contribution in [0.25, 0.3) is 0 Å². The lowest BCUT2D eigenvalue weighted by Crippen LogP contribution is -1.77. The average molecular weight is 216 g/mol. The van der Waals surface area contributed by atoms with E-state index in [2.05, 4.69) is 20.8 Å². The fourth-order valence-corrected chi connectivity index (χ4v) is 1.37. The SMILES string of the molecule is CCCCCCCCCC.CCCCO. The molecular formula is C14H32O. The van der Waals surface area contributed by atoms with Gasteiger partial charge in [-0.15, -0.1) is 0 Å². The Morgan fingerprint density at radius 1 is 0.533 bits per heavy atom. The van der Waals surface area contributed by atoms with E-state index in [0.717, 1.165) is 12.8 Å². The Labute approximate surface area is 97.3 Å². The number of aliphatic hydroxyl groups excluding tert-OH is 1. The van der Waals surface area contributed by atoms with Crippen LogP contribution in [0.1, 0.15) is 85.0 Å². The largest absolute Gasteiger partial charge is 0.396 e. The first-order chi connectivity index (χ1) is 7.33. The number of hydrogen-bond donors (Lipinski definition) is 1.